The topological polar surface area (TPSA) is 61.5 Å². The lowest BCUT2D eigenvalue weighted by atomic mass is 10.2. The summed E-state index contributed by atoms with van der Waals surface area (Å²) in [6, 6.07) is 0.448. The molecule has 1 aliphatic rings. The Morgan fingerprint density at radius 3 is 3.00 bits per heavy atom. The molecular weight excluding hydrogens is 154 g/mol. The van der Waals surface area contributed by atoms with Crippen molar-refractivity contribution in [2.24, 2.45) is 5.73 Å². The zero-order valence-electron chi connectivity index (χ0n) is 7.66. The number of aliphatic hydroxyl groups is 1. The van der Waals surface area contributed by atoms with Crippen LogP contribution in [0.5, 0.6) is 0 Å². The van der Waals surface area contributed by atoms with Crippen molar-refractivity contribution < 1.29 is 5.11 Å². The molecule has 1 fully saturated rings. The summed E-state index contributed by atoms with van der Waals surface area (Å²) in [5, 5.41) is 12.0. The minimum Gasteiger partial charge on any atom is -0.395 e. The van der Waals surface area contributed by atoms with Crippen molar-refractivity contribution in [1.82, 2.24) is 10.2 Å². The summed E-state index contributed by atoms with van der Waals surface area (Å²) < 4.78 is 0. The highest BCUT2D eigenvalue weighted by Crippen LogP contribution is 2.05. The van der Waals surface area contributed by atoms with E-state index >= 15 is 0 Å². The Morgan fingerprint density at radius 2 is 2.50 bits per heavy atom. The molecule has 0 amide bonds. The minimum atomic E-state index is -0.115. The standard InChI is InChI=1S/C8H19N3O/c1-11-3-2-8(5-11)10-4-7(9)6-12/h7-8,10,12H,2-6,9H2,1H3. The first-order valence-corrected chi connectivity index (χ1v) is 4.50. The Balaban J connectivity index is 2.07. The third kappa shape index (κ3) is 3.06. The van der Waals surface area contributed by atoms with Gasteiger partial charge in [-0.05, 0) is 20.0 Å². The molecular formula is C8H19N3O. The highest BCUT2D eigenvalue weighted by Gasteiger charge is 2.18. The van der Waals surface area contributed by atoms with Gasteiger partial charge in [-0.3, -0.25) is 0 Å². The molecule has 72 valence electrons. The van der Waals surface area contributed by atoms with Crippen molar-refractivity contribution in [3.05, 3.63) is 0 Å². The molecule has 2 atom stereocenters. The second-order valence-electron chi connectivity index (χ2n) is 3.60. The highest BCUT2D eigenvalue weighted by atomic mass is 16.3. The zero-order chi connectivity index (χ0) is 8.97. The molecule has 4 nitrogen and oxygen atoms in total. The lowest BCUT2D eigenvalue weighted by Crippen LogP contribution is -2.42. The molecule has 4 N–H and O–H groups in total. The third-order valence-electron chi connectivity index (χ3n) is 2.29. The fraction of sp³-hybridized carbons (Fsp3) is 1.00. The molecule has 0 saturated carbocycles. The summed E-state index contributed by atoms with van der Waals surface area (Å²) in [6.45, 7) is 3.04. The molecule has 1 aliphatic heterocycles. The fourth-order valence-corrected chi connectivity index (χ4v) is 1.48. The maximum absolute atomic E-state index is 8.69. The Kier molecular flexibility index (Phi) is 3.94. The van der Waals surface area contributed by atoms with Crippen LogP contribution in [0.15, 0.2) is 0 Å². The van der Waals surface area contributed by atoms with E-state index in [2.05, 4.69) is 17.3 Å². The smallest absolute Gasteiger partial charge is 0.0594 e. The number of likely N-dealkylation sites (N-methyl/N-ethyl adjacent to an activating group) is 1. The summed E-state index contributed by atoms with van der Waals surface area (Å²) in [6.07, 6.45) is 1.19. The van der Waals surface area contributed by atoms with Crippen molar-refractivity contribution in [2.45, 2.75) is 18.5 Å². The van der Waals surface area contributed by atoms with Crippen LogP contribution in [0.2, 0.25) is 0 Å². The largest absolute Gasteiger partial charge is 0.395 e. The second kappa shape index (κ2) is 4.77. The van der Waals surface area contributed by atoms with Crippen LogP contribution in [-0.4, -0.2) is 55.4 Å². The van der Waals surface area contributed by atoms with Gasteiger partial charge in [-0.15, -0.1) is 0 Å². The molecule has 2 unspecified atom stereocenters. The van der Waals surface area contributed by atoms with Gasteiger partial charge in [-0.25, -0.2) is 0 Å². The van der Waals surface area contributed by atoms with Crippen molar-refractivity contribution in [3.63, 3.8) is 0 Å². The van der Waals surface area contributed by atoms with Crippen LogP contribution in [-0.2, 0) is 0 Å². The number of nitrogens with two attached hydrogens (primary N) is 1. The van der Waals surface area contributed by atoms with Gasteiger partial charge in [0.25, 0.3) is 0 Å². The first kappa shape index (κ1) is 9.92. The molecule has 4 heteroatoms. The Morgan fingerprint density at radius 1 is 1.75 bits per heavy atom. The van der Waals surface area contributed by atoms with E-state index in [9.17, 15) is 0 Å². The molecule has 0 radical (unpaired) electrons. The lowest BCUT2D eigenvalue weighted by Gasteiger charge is -2.15. The second-order valence-corrected chi connectivity index (χ2v) is 3.60. The Labute approximate surface area is 73.7 Å². The third-order valence-corrected chi connectivity index (χ3v) is 2.29. The van der Waals surface area contributed by atoms with E-state index < -0.39 is 0 Å². The summed E-state index contributed by atoms with van der Waals surface area (Å²) in [5.74, 6) is 0. The van der Waals surface area contributed by atoms with E-state index in [4.69, 9.17) is 10.8 Å². The number of hydrogen-bond donors (Lipinski definition) is 3. The molecule has 1 saturated heterocycles. The molecule has 0 aromatic heterocycles. The Hall–Kier alpha value is -0.160. The molecule has 0 bridgehead atoms. The molecule has 12 heavy (non-hydrogen) atoms. The van der Waals surface area contributed by atoms with E-state index in [0.29, 0.717) is 6.04 Å². The van der Waals surface area contributed by atoms with Crippen molar-refractivity contribution in [2.75, 3.05) is 33.3 Å². The van der Waals surface area contributed by atoms with Gasteiger partial charge in [0.05, 0.1) is 6.61 Å². The van der Waals surface area contributed by atoms with Crippen LogP contribution in [0.25, 0.3) is 0 Å². The van der Waals surface area contributed by atoms with Crippen molar-refractivity contribution in [3.8, 4) is 0 Å². The number of likely N-dealkylation sites (tertiary alicyclic amines) is 1. The van der Waals surface area contributed by atoms with E-state index in [1.807, 2.05) is 0 Å². The number of aliphatic hydroxyl groups excluding tert-OH is 1. The minimum absolute atomic E-state index is 0.0650. The molecule has 1 heterocycles. The highest BCUT2D eigenvalue weighted by molar-refractivity contribution is 4.80. The van der Waals surface area contributed by atoms with E-state index in [0.717, 1.165) is 19.6 Å². The number of nitrogens with one attached hydrogen (secondary N) is 1. The predicted molar refractivity (Wildman–Crippen MR) is 49.0 cm³/mol. The van der Waals surface area contributed by atoms with E-state index in [1.54, 1.807) is 0 Å². The van der Waals surface area contributed by atoms with Crippen LogP contribution in [0, 0.1) is 0 Å². The summed E-state index contributed by atoms with van der Waals surface area (Å²) >= 11 is 0. The first-order valence-electron chi connectivity index (χ1n) is 4.50. The quantitative estimate of drug-likeness (QED) is 0.489. The summed E-state index contributed by atoms with van der Waals surface area (Å²) in [7, 11) is 2.12. The lowest BCUT2D eigenvalue weighted by molar-refractivity contribution is 0.258. The molecule has 0 aromatic carbocycles. The van der Waals surface area contributed by atoms with Crippen LogP contribution in [0.4, 0.5) is 0 Å². The normalized spacial score (nSPS) is 27.8. The van der Waals surface area contributed by atoms with Gasteiger partial charge < -0.3 is 21.1 Å². The van der Waals surface area contributed by atoms with Gasteiger partial charge >= 0.3 is 0 Å². The van der Waals surface area contributed by atoms with Crippen molar-refractivity contribution >= 4 is 0 Å². The van der Waals surface area contributed by atoms with Crippen LogP contribution >= 0.6 is 0 Å². The van der Waals surface area contributed by atoms with E-state index in [1.165, 1.54) is 6.42 Å². The van der Waals surface area contributed by atoms with E-state index in [-0.39, 0.29) is 12.6 Å². The summed E-state index contributed by atoms with van der Waals surface area (Å²) in [5.41, 5.74) is 5.56. The number of nitrogens with zero attached hydrogens (tertiary/aromatic N) is 1. The predicted octanol–water partition coefficient (Wildman–Crippen LogP) is -1.40. The Bertz CT molecular complexity index is 131. The average Bonchev–Trinajstić information content (AvgIpc) is 2.47. The maximum Gasteiger partial charge on any atom is 0.0594 e. The fourth-order valence-electron chi connectivity index (χ4n) is 1.48. The van der Waals surface area contributed by atoms with Gasteiger partial charge in [0, 0.05) is 25.2 Å². The zero-order valence-corrected chi connectivity index (χ0v) is 7.66. The number of hydrogen-bond acceptors (Lipinski definition) is 4. The monoisotopic (exact) mass is 173 g/mol. The van der Waals surface area contributed by atoms with Gasteiger partial charge in [-0.1, -0.05) is 0 Å². The summed E-state index contributed by atoms with van der Waals surface area (Å²) in [4.78, 5) is 2.29. The number of rotatable bonds is 4. The van der Waals surface area contributed by atoms with Crippen LogP contribution < -0.4 is 11.1 Å². The van der Waals surface area contributed by atoms with Crippen LogP contribution in [0.3, 0.4) is 0 Å². The average molecular weight is 173 g/mol. The molecule has 0 aliphatic carbocycles. The van der Waals surface area contributed by atoms with Crippen molar-refractivity contribution in [1.29, 1.82) is 0 Å². The van der Waals surface area contributed by atoms with Gasteiger partial charge in [-0.2, -0.15) is 0 Å². The first-order chi connectivity index (χ1) is 5.72. The van der Waals surface area contributed by atoms with Crippen LogP contribution in [0.1, 0.15) is 6.42 Å². The molecule has 0 aromatic rings. The molecule has 0 spiro atoms. The van der Waals surface area contributed by atoms with Gasteiger partial charge in [0.1, 0.15) is 0 Å². The maximum atomic E-state index is 8.69. The molecule has 1 rings (SSSR count). The SMILES string of the molecule is CN1CCC(NCC(N)CO)C1. The van der Waals surface area contributed by atoms with Gasteiger partial charge in [0.15, 0.2) is 0 Å². The van der Waals surface area contributed by atoms with Gasteiger partial charge in [0.2, 0.25) is 0 Å².